The van der Waals surface area contributed by atoms with Crippen LogP contribution in [-0.4, -0.2) is 41.0 Å². The molecule has 2 fully saturated rings. The first-order chi connectivity index (χ1) is 14.9. The van der Waals surface area contributed by atoms with Crippen molar-refractivity contribution in [2.75, 3.05) is 18.4 Å². The summed E-state index contributed by atoms with van der Waals surface area (Å²) in [6.45, 7) is 4.28. The van der Waals surface area contributed by atoms with Crippen molar-refractivity contribution in [1.29, 1.82) is 0 Å². The van der Waals surface area contributed by atoms with E-state index in [0.29, 0.717) is 35.3 Å². The highest BCUT2D eigenvalue weighted by Gasteiger charge is 2.39. The van der Waals surface area contributed by atoms with Gasteiger partial charge in [-0.15, -0.1) is 0 Å². The second kappa shape index (κ2) is 9.28. The molecule has 6 nitrogen and oxygen atoms in total. The summed E-state index contributed by atoms with van der Waals surface area (Å²) >= 11 is 6.05. The minimum absolute atomic E-state index is 0.0401. The van der Waals surface area contributed by atoms with Gasteiger partial charge >= 0.3 is 0 Å². The highest BCUT2D eigenvalue weighted by atomic mass is 35.5. The number of anilines is 1. The zero-order valence-electron chi connectivity index (χ0n) is 17.6. The van der Waals surface area contributed by atoms with Crippen LogP contribution in [0.1, 0.15) is 42.1 Å². The highest BCUT2D eigenvalue weighted by Crippen LogP contribution is 2.38. The van der Waals surface area contributed by atoms with Crippen molar-refractivity contribution in [3.63, 3.8) is 0 Å². The molecule has 2 aromatic carbocycles. The van der Waals surface area contributed by atoms with Gasteiger partial charge in [-0.05, 0) is 74.2 Å². The number of likely N-dealkylation sites (tertiary alicyclic amines) is 1. The number of carbonyl (C=O) groups is 2. The lowest BCUT2D eigenvalue weighted by Gasteiger charge is -2.33. The molecule has 1 aliphatic carbocycles. The zero-order valence-corrected chi connectivity index (χ0v) is 18.4. The van der Waals surface area contributed by atoms with Crippen LogP contribution >= 0.6 is 11.6 Å². The maximum atomic E-state index is 12.7. The van der Waals surface area contributed by atoms with Crippen molar-refractivity contribution in [1.82, 2.24) is 10.2 Å². The van der Waals surface area contributed by atoms with E-state index in [1.807, 2.05) is 0 Å². The zero-order chi connectivity index (χ0) is 22.0. The lowest BCUT2D eigenvalue weighted by Crippen LogP contribution is -2.47. The van der Waals surface area contributed by atoms with Crippen LogP contribution in [0.4, 0.5) is 5.69 Å². The smallest absolute Gasteiger partial charge is 0.251 e. The number of benzene rings is 2. The Morgan fingerprint density at radius 3 is 2.65 bits per heavy atom. The maximum absolute atomic E-state index is 12.7. The molecule has 31 heavy (non-hydrogen) atoms. The average molecular weight is 442 g/mol. The quantitative estimate of drug-likeness (QED) is 0.632. The molecule has 3 N–H and O–H groups in total. The molecule has 4 rings (SSSR count). The molecule has 1 saturated carbocycles. The Morgan fingerprint density at radius 2 is 1.94 bits per heavy atom. The number of hydrogen-bond acceptors (Lipinski definition) is 4. The Balaban J connectivity index is 1.30. The van der Waals surface area contributed by atoms with Gasteiger partial charge in [-0.25, -0.2) is 0 Å². The van der Waals surface area contributed by atoms with Gasteiger partial charge in [0.2, 0.25) is 5.91 Å². The third kappa shape index (κ3) is 5.57. The molecule has 164 valence electrons. The number of amides is 2. The molecule has 3 atom stereocenters. The van der Waals surface area contributed by atoms with Crippen molar-refractivity contribution in [2.45, 2.75) is 38.8 Å². The van der Waals surface area contributed by atoms with Crippen molar-refractivity contribution in [2.24, 2.45) is 11.8 Å². The molecule has 1 heterocycles. The number of carbonyl (C=O) groups excluding carboxylic acids is 2. The third-order valence-corrected chi connectivity index (χ3v) is 6.37. The van der Waals surface area contributed by atoms with E-state index in [0.717, 1.165) is 31.4 Å². The summed E-state index contributed by atoms with van der Waals surface area (Å²) < 4.78 is 0. The summed E-state index contributed by atoms with van der Waals surface area (Å²) in [6, 6.07) is 12.1. The fourth-order valence-corrected chi connectivity index (χ4v) is 4.33. The van der Waals surface area contributed by atoms with Crippen LogP contribution in [0.25, 0.3) is 0 Å². The summed E-state index contributed by atoms with van der Waals surface area (Å²) in [5, 5.41) is 16.7. The first kappa shape index (κ1) is 21.7. The van der Waals surface area contributed by atoms with Crippen molar-refractivity contribution in [3.8, 4) is 5.75 Å². The monoisotopic (exact) mass is 441 g/mol. The number of aromatic hydroxyl groups is 1. The molecule has 0 spiro atoms. The Bertz CT molecular complexity index is 963. The van der Waals surface area contributed by atoms with E-state index < -0.39 is 0 Å². The number of halogens is 1. The van der Waals surface area contributed by atoms with E-state index in [2.05, 4.69) is 22.5 Å². The SMILES string of the molecule is C[C@@H]1C[C@@H]1C(=O)Nc1ccc(C(=O)N[C@@H]2CCCN(Cc3cc(Cl)ccc3O)C2)cc1. The van der Waals surface area contributed by atoms with Gasteiger partial charge in [0, 0.05) is 46.9 Å². The number of rotatable bonds is 6. The van der Waals surface area contributed by atoms with Crippen molar-refractivity contribution < 1.29 is 14.7 Å². The molecule has 1 aliphatic heterocycles. The van der Waals surface area contributed by atoms with Crippen LogP contribution < -0.4 is 10.6 Å². The van der Waals surface area contributed by atoms with Gasteiger partial charge in [-0.1, -0.05) is 18.5 Å². The van der Waals surface area contributed by atoms with Crippen LogP contribution in [0.2, 0.25) is 5.02 Å². The summed E-state index contributed by atoms with van der Waals surface area (Å²) in [4.78, 5) is 27.0. The molecule has 2 amide bonds. The number of nitrogens with zero attached hydrogens (tertiary/aromatic N) is 1. The first-order valence-electron chi connectivity index (χ1n) is 10.8. The number of phenolic OH excluding ortho intramolecular Hbond substituents is 1. The van der Waals surface area contributed by atoms with E-state index in [4.69, 9.17) is 11.6 Å². The van der Waals surface area contributed by atoms with E-state index in [1.165, 1.54) is 0 Å². The lowest BCUT2D eigenvalue weighted by atomic mass is 10.0. The maximum Gasteiger partial charge on any atom is 0.251 e. The molecular weight excluding hydrogens is 414 g/mol. The lowest BCUT2D eigenvalue weighted by molar-refractivity contribution is -0.117. The second-order valence-corrected chi connectivity index (χ2v) is 9.14. The molecular formula is C24H28ClN3O3. The summed E-state index contributed by atoms with van der Waals surface area (Å²) in [5.74, 6) is 0.747. The summed E-state index contributed by atoms with van der Waals surface area (Å²) in [6.07, 6.45) is 2.83. The topological polar surface area (TPSA) is 81.7 Å². The van der Waals surface area contributed by atoms with E-state index in [-0.39, 0.29) is 29.5 Å². The third-order valence-electron chi connectivity index (χ3n) is 6.14. The fourth-order valence-electron chi connectivity index (χ4n) is 4.13. The summed E-state index contributed by atoms with van der Waals surface area (Å²) in [5.41, 5.74) is 2.07. The Kier molecular flexibility index (Phi) is 6.49. The van der Waals surface area contributed by atoms with Gasteiger partial charge in [0.1, 0.15) is 5.75 Å². The minimum Gasteiger partial charge on any atom is -0.508 e. The number of piperidine rings is 1. The largest absolute Gasteiger partial charge is 0.508 e. The van der Waals surface area contributed by atoms with Crippen LogP contribution in [0.15, 0.2) is 42.5 Å². The van der Waals surface area contributed by atoms with Gasteiger partial charge in [-0.3, -0.25) is 14.5 Å². The predicted molar refractivity (Wildman–Crippen MR) is 121 cm³/mol. The van der Waals surface area contributed by atoms with Crippen LogP contribution in [0.3, 0.4) is 0 Å². The fraction of sp³-hybridized carbons (Fsp3) is 0.417. The Hall–Kier alpha value is -2.57. The normalized spacial score (nSPS) is 23.2. The standard InChI is InChI=1S/C24H28ClN3O3/c1-15-11-21(15)24(31)26-19-7-4-16(5-8-19)23(30)27-20-3-2-10-28(14-20)13-17-12-18(25)6-9-22(17)29/h4-9,12,15,20-21,29H,2-3,10-11,13-14H2,1H3,(H,26,31)(H,27,30)/t15-,20-,21+/m1/s1. The first-order valence-corrected chi connectivity index (χ1v) is 11.2. The number of phenols is 1. The molecule has 0 unspecified atom stereocenters. The summed E-state index contributed by atoms with van der Waals surface area (Å²) in [7, 11) is 0. The van der Waals surface area contributed by atoms with Crippen LogP contribution in [0, 0.1) is 11.8 Å². The van der Waals surface area contributed by atoms with Crippen LogP contribution in [0.5, 0.6) is 5.75 Å². The molecule has 7 heteroatoms. The molecule has 0 bridgehead atoms. The number of hydrogen-bond donors (Lipinski definition) is 3. The Labute approximate surface area is 187 Å². The van der Waals surface area contributed by atoms with E-state index in [1.54, 1.807) is 42.5 Å². The van der Waals surface area contributed by atoms with Crippen molar-refractivity contribution >= 4 is 29.1 Å². The second-order valence-electron chi connectivity index (χ2n) is 8.71. The average Bonchev–Trinajstić information content (AvgIpc) is 3.48. The van der Waals surface area contributed by atoms with Crippen LogP contribution in [-0.2, 0) is 11.3 Å². The van der Waals surface area contributed by atoms with Gasteiger partial charge < -0.3 is 15.7 Å². The number of nitrogens with one attached hydrogen (secondary N) is 2. The van der Waals surface area contributed by atoms with E-state index >= 15 is 0 Å². The van der Waals surface area contributed by atoms with Gasteiger partial charge in [0.15, 0.2) is 0 Å². The highest BCUT2D eigenvalue weighted by molar-refractivity contribution is 6.30. The predicted octanol–water partition coefficient (Wildman–Crippen LogP) is 4.03. The van der Waals surface area contributed by atoms with Crippen molar-refractivity contribution in [3.05, 3.63) is 58.6 Å². The van der Waals surface area contributed by atoms with Gasteiger partial charge in [0.25, 0.3) is 5.91 Å². The van der Waals surface area contributed by atoms with E-state index in [9.17, 15) is 14.7 Å². The molecule has 1 saturated heterocycles. The molecule has 0 radical (unpaired) electrons. The Morgan fingerprint density at radius 1 is 1.19 bits per heavy atom. The van der Waals surface area contributed by atoms with Gasteiger partial charge in [-0.2, -0.15) is 0 Å². The minimum atomic E-state index is -0.119. The van der Waals surface area contributed by atoms with Gasteiger partial charge in [0.05, 0.1) is 0 Å². The molecule has 2 aromatic rings. The molecule has 0 aromatic heterocycles. The molecule has 2 aliphatic rings.